The summed E-state index contributed by atoms with van der Waals surface area (Å²) in [6, 6.07) is 11.8. The van der Waals surface area contributed by atoms with Gasteiger partial charge in [-0.25, -0.2) is 9.97 Å². The van der Waals surface area contributed by atoms with Crippen molar-refractivity contribution in [2.75, 3.05) is 30.4 Å². The number of nitrogens with one attached hydrogen (secondary N) is 1. The quantitative estimate of drug-likeness (QED) is 0.854. The van der Waals surface area contributed by atoms with Gasteiger partial charge in [0.15, 0.2) is 5.82 Å². The van der Waals surface area contributed by atoms with Crippen molar-refractivity contribution in [1.82, 2.24) is 9.97 Å². The van der Waals surface area contributed by atoms with Gasteiger partial charge >= 0.3 is 0 Å². The highest BCUT2D eigenvalue weighted by molar-refractivity contribution is 5.61. The number of hydrogen-bond acceptors (Lipinski definition) is 5. The molecule has 21 heavy (non-hydrogen) atoms. The molecule has 2 aromatic rings. The number of rotatable bonds is 6. The van der Waals surface area contributed by atoms with Crippen molar-refractivity contribution >= 4 is 11.6 Å². The molecule has 1 atom stereocenters. The van der Waals surface area contributed by atoms with Gasteiger partial charge in [-0.3, -0.25) is 0 Å². The Morgan fingerprint density at radius 3 is 2.57 bits per heavy atom. The van der Waals surface area contributed by atoms with E-state index >= 15 is 0 Å². The van der Waals surface area contributed by atoms with Gasteiger partial charge in [-0.1, -0.05) is 30.3 Å². The van der Waals surface area contributed by atoms with Crippen molar-refractivity contribution < 1.29 is 5.11 Å². The molecule has 1 aromatic heterocycles. The predicted octanol–water partition coefficient (Wildman–Crippen LogP) is 2.39. The lowest BCUT2D eigenvalue weighted by molar-refractivity contribution is 0.270. The first-order chi connectivity index (χ1) is 10.2. The monoisotopic (exact) mass is 286 g/mol. The van der Waals surface area contributed by atoms with Gasteiger partial charge in [0.05, 0.1) is 12.6 Å². The Balaban J connectivity index is 2.44. The number of nitrogens with zero attached hydrogens (tertiary/aromatic N) is 3. The van der Waals surface area contributed by atoms with Crippen molar-refractivity contribution in [1.29, 1.82) is 0 Å². The SMILES string of the molecule is CCNc1cc(N(C)C(C)CO)nc(-c2ccccc2)n1. The van der Waals surface area contributed by atoms with Crippen LogP contribution in [0.3, 0.4) is 0 Å². The summed E-state index contributed by atoms with van der Waals surface area (Å²) in [5, 5.41) is 12.6. The minimum Gasteiger partial charge on any atom is -0.394 e. The molecule has 0 fully saturated rings. The second-order valence-electron chi connectivity index (χ2n) is 4.97. The van der Waals surface area contributed by atoms with Crippen molar-refractivity contribution in [2.45, 2.75) is 19.9 Å². The van der Waals surface area contributed by atoms with E-state index in [1.807, 2.05) is 62.2 Å². The lowest BCUT2D eigenvalue weighted by Crippen LogP contribution is -2.32. The molecule has 5 heteroatoms. The van der Waals surface area contributed by atoms with Crippen LogP contribution in [0.25, 0.3) is 11.4 Å². The number of likely N-dealkylation sites (N-methyl/N-ethyl adjacent to an activating group) is 1. The van der Waals surface area contributed by atoms with Gasteiger partial charge in [-0.05, 0) is 13.8 Å². The number of aliphatic hydroxyl groups excluding tert-OH is 1. The summed E-state index contributed by atoms with van der Waals surface area (Å²) >= 11 is 0. The molecule has 2 rings (SSSR count). The molecular weight excluding hydrogens is 264 g/mol. The number of hydrogen-bond donors (Lipinski definition) is 2. The summed E-state index contributed by atoms with van der Waals surface area (Å²) in [5.41, 5.74) is 0.976. The number of aromatic nitrogens is 2. The molecule has 0 aliphatic heterocycles. The summed E-state index contributed by atoms with van der Waals surface area (Å²) in [7, 11) is 1.92. The van der Waals surface area contributed by atoms with Crippen LogP contribution in [-0.4, -0.2) is 41.3 Å². The van der Waals surface area contributed by atoms with Crippen molar-refractivity contribution in [3.63, 3.8) is 0 Å². The fourth-order valence-electron chi connectivity index (χ4n) is 1.95. The maximum atomic E-state index is 9.32. The largest absolute Gasteiger partial charge is 0.394 e. The maximum Gasteiger partial charge on any atom is 0.163 e. The molecule has 2 N–H and O–H groups in total. The molecule has 0 radical (unpaired) electrons. The third kappa shape index (κ3) is 3.70. The van der Waals surface area contributed by atoms with Crippen LogP contribution in [0.4, 0.5) is 11.6 Å². The first-order valence-corrected chi connectivity index (χ1v) is 7.17. The lowest BCUT2D eigenvalue weighted by Gasteiger charge is -2.25. The average Bonchev–Trinajstić information content (AvgIpc) is 2.54. The Labute approximate surface area is 125 Å². The topological polar surface area (TPSA) is 61.3 Å². The Morgan fingerprint density at radius 2 is 1.95 bits per heavy atom. The van der Waals surface area contributed by atoms with Crippen LogP contribution in [-0.2, 0) is 0 Å². The average molecular weight is 286 g/mol. The standard InChI is InChI=1S/C16H22N4O/c1-4-17-14-10-15(20(3)12(2)11-21)19-16(18-14)13-8-6-5-7-9-13/h5-10,12,21H,4,11H2,1-3H3,(H,17,18,19). The zero-order valence-corrected chi connectivity index (χ0v) is 12.7. The maximum absolute atomic E-state index is 9.32. The molecule has 0 saturated heterocycles. The van der Waals surface area contributed by atoms with E-state index in [0.717, 1.165) is 23.7 Å². The molecule has 1 heterocycles. The third-order valence-corrected chi connectivity index (χ3v) is 3.39. The molecule has 0 saturated carbocycles. The Kier molecular flexibility index (Phi) is 5.11. The van der Waals surface area contributed by atoms with E-state index in [4.69, 9.17) is 0 Å². The minimum absolute atomic E-state index is 0.00185. The second kappa shape index (κ2) is 7.04. The van der Waals surface area contributed by atoms with E-state index in [0.29, 0.717) is 5.82 Å². The molecule has 1 unspecified atom stereocenters. The van der Waals surface area contributed by atoms with Crippen LogP contribution in [0.1, 0.15) is 13.8 Å². The smallest absolute Gasteiger partial charge is 0.163 e. The van der Waals surface area contributed by atoms with Crippen LogP contribution in [0.5, 0.6) is 0 Å². The zero-order chi connectivity index (χ0) is 15.2. The van der Waals surface area contributed by atoms with E-state index in [2.05, 4.69) is 15.3 Å². The normalized spacial score (nSPS) is 12.0. The molecule has 0 spiro atoms. The van der Waals surface area contributed by atoms with Crippen LogP contribution >= 0.6 is 0 Å². The van der Waals surface area contributed by atoms with Crippen LogP contribution in [0.2, 0.25) is 0 Å². The van der Waals surface area contributed by atoms with Gasteiger partial charge < -0.3 is 15.3 Å². The summed E-state index contributed by atoms with van der Waals surface area (Å²) < 4.78 is 0. The summed E-state index contributed by atoms with van der Waals surface area (Å²) in [4.78, 5) is 11.1. The Morgan fingerprint density at radius 1 is 1.24 bits per heavy atom. The zero-order valence-electron chi connectivity index (χ0n) is 12.7. The van der Waals surface area contributed by atoms with Crippen LogP contribution in [0, 0.1) is 0 Å². The Hall–Kier alpha value is -2.14. The number of aliphatic hydroxyl groups is 1. The van der Waals surface area contributed by atoms with E-state index in [9.17, 15) is 5.11 Å². The molecule has 112 valence electrons. The first-order valence-electron chi connectivity index (χ1n) is 7.17. The fourth-order valence-corrected chi connectivity index (χ4v) is 1.95. The van der Waals surface area contributed by atoms with Gasteiger partial charge in [-0.15, -0.1) is 0 Å². The van der Waals surface area contributed by atoms with Crippen molar-refractivity contribution in [2.24, 2.45) is 0 Å². The van der Waals surface area contributed by atoms with Crippen LogP contribution in [0.15, 0.2) is 36.4 Å². The number of benzene rings is 1. The summed E-state index contributed by atoms with van der Waals surface area (Å²) in [6.07, 6.45) is 0. The molecule has 0 amide bonds. The van der Waals surface area contributed by atoms with Crippen LogP contribution < -0.4 is 10.2 Å². The predicted molar refractivity (Wildman–Crippen MR) is 86.6 cm³/mol. The third-order valence-electron chi connectivity index (χ3n) is 3.39. The molecule has 0 bridgehead atoms. The summed E-state index contributed by atoms with van der Waals surface area (Å²) in [5.74, 6) is 2.26. The highest BCUT2D eigenvalue weighted by atomic mass is 16.3. The van der Waals surface area contributed by atoms with E-state index in [-0.39, 0.29) is 12.6 Å². The molecular formula is C16H22N4O. The van der Waals surface area contributed by atoms with Gasteiger partial charge in [0.1, 0.15) is 11.6 Å². The van der Waals surface area contributed by atoms with Gasteiger partial charge in [0.25, 0.3) is 0 Å². The summed E-state index contributed by atoms with van der Waals surface area (Å²) in [6.45, 7) is 4.86. The highest BCUT2D eigenvalue weighted by Gasteiger charge is 2.13. The second-order valence-corrected chi connectivity index (χ2v) is 4.97. The van der Waals surface area contributed by atoms with Crippen molar-refractivity contribution in [3.05, 3.63) is 36.4 Å². The van der Waals surface area contributed by atoms with Gasteiger partial charge in [0.2, 0.25) is 0 Å². The first kappa shape index (κ1) is 15.3. The lowest BCUT2D eigenvalue weighted by atomic mass is 10.2. The highest BCUT2D eigenvalue weighted by Crippen LogP contribution is 2.22. The van der Waals surface area contributed by atoms with Crippen molar-refractivity contribution in [3.8, 4) is 11.4 Å². The molecule has 0 aliphatic carbocycles. The van der Waals surface area contributed by atoms with E-state index in [1.54, 1.807) is 0 Å². The van der Waals surface area contributed by atoms with Gasteiger partial charge in [0, 0.05) is 25.2 Å². The minimum atomic E-state index is -0.00185. The van der Waals surface area contributed by atoms with E-state index in [1.165, 1.54) is 0 Å². The molecule has 0 aliphatic rings. The number of anilines is 2. The Bertz CT molecular complexity index is 574. The van der Waals surface area contributed by atoms with Gasteiger partial charge in [-0.2, -0.15) is 0 Å². The molecule has 5 nitrogen and oxygen atoms in total. The molecule has 1 aromatic carbocycles. The van der Waals surface area contributed by atoms with E-state index < -0.39 is 0 Å². The fraction of sp³-hybridized carbons (Fsp3) is 0.375.